The van der Waals surface area contributed by atoms with Crippen LogP contribution in [0.15, 0.2) is 39.7 Å². The summed E-state index contributed by atoms with van der Waals surface area (Å²) < 4.78 is 25.6. The Bertz CT molecular complexity index is 1100. The second-order valence-electron chi connectivity index (χ2n) is 5.87. The van der Waals surface area contributed by atoms with Crippen LogP contribution >= 0.6 is 51.5 Å². The lowest BCUT2D eigenvalue weighted by Crippen LogP contribution is -2.27. The SMILES string of the molecule is C#CCOc1c(Br)cc(/C=C2\SC(=S)N(c3ccc(F)c(Cl)c3)C2=O)cc1OCC. The molecule has 0 spiro atoms. The zero-order chi connectivity index (χ0) is 21.8. The minimum atomic E-state index is -0.568. The zero-order valence-corrected chi connectivity index (χ0v) is 19.6. The molecule has 1 aliphatic heterocycles. The Morgan fingerprint density at radius 1 is 1.37 bits per heavy atom. The molecule has 0 aromatic heterocycles. The predicted octanol–water partition coefficient (Wildman–Crippen LogP) is 6.06. The molecule has 154 valence electrons. The van der Waals surface area contributed by atoms with E-state index in [0.717, 1.165) is 11.8 Å². The van der Waals surface area contributed by atoms with Gasteiger partial charge in [0.05, 0.1) is 26.7 Å². The molecule has 3 rings (SSSR count). The van der Waals surface area contributed by atoms with Crippen LogP contribution < -0.4 is 14.4 Å². The summed E-state index contributed by atoms with van der Waals surface area (Å²) in [5.41, 5.74) is 1.11. The summed E-state index contributed by atoms with van der Waals surface area (Å²) in [6, 6.07) is 7.56. The van der Waals surface area contributed by atoms with E-state index < -0.39 is 5.82 Å². The third-order valence-corrected chi connectivity index (χ3v) is 6.07. The lowest BCUT2D eigenvalue weighted by Gasteiger charge is -2.15. The molecule has 9 heteroatoms. The largest absolute Gasteiger partial charge is 0.490 e. The van der Waals surface area contributed by atoms with E-state index in [0.29, 0.717) is 43.1 Å². The van der Waals surface area contributed by atoms with Crippen molar-refractivity contribution < 1.29 is 18.7 Å². The van der Waals surface area contributed by atoms with E-state index in [9.17, 15) is 9.18 Å². The normalized spacial score (nSPS) is 14.9. The summed E-state index contributed by atoms with van der Waals surface area (Å²) in [5, 5.41) is -0.0848. The number of ether oxygens (including phenoxy) is 2. The highest BCUT2D eigenvalue weighted by atomic mass is 79.9. The van der Waals surface area contributed by atoms with Crippen LogP contribution in [-0.4, -0.2) is 23.4 Å². The highest BCUT2D eigenvalue weighted by Gasteiger charge is 2.33. The molecule has 1 saturated heterocycles. The molecular weight excluding hydrogens is 513 g/mol. The van der Waals surface area contributed by atoms with E-state index >= 15 is 0 Å². The number of carbonyl (C=O) groups excluding carboxylic acids is 1. The Hall–Kier alpha value is -2.05. The van der Waals surface area contributed by atoms with Gasteiger partial charge < -0.3 is 9.47 Å². The molecule has 0 radical (unpaired) electrons. The maximum Gasteiger partial charge on any atom is 0.270 e. The van der Waals surface area contributed by atoms with E-state index in [1.165, 1.54) is 23.1 Å². The summed E-state index contributed by atoms with van der Waals surface area (Å²) in [6.45, 7) is 2.37. The summed E-state index contributed by atoms with van der Waals surface area (Å²) in [4.78, 5) is 14.7. The maximum atomic E-state index is 13.5. The van der Waals surface area contributed by atoms with Gasteiger partial charge >= 0.3 is 0 Å². The molecule has 1 heterocycles. The van der Waals surface area contributed by atoms with Gasteiger partial charge in [0.2, 0.25) is 0 Å². The molecule has 2 aromatic rings. The zero-order valence-electron chi connectivity index (χ0n) is 15.6. The number of benzene rings is 2. The molecule has 0 atom stereocenters. The van der Waals surface area contributed by atoms with Crippen molar-refractivity contribution in [3.05, 3.63) is 56.1 Å². The number of hydrogen-bond donors (Lipinski definition) is 0. The first-order chi connectivity index (χ1) is 14.3. The third-order valence-electron chi connectivity index (χ3n) is 3.88. The number of rotatable bonds is 6. The topological polar surface area (TPSA) is 38.8 Å². The van der Waals surface area contributed by atoms with Gasteiger partial charge in [0.25, 0.3) is 5.91 Å². The molecule has 1 amide bonds. The number of terminal acetylenes is 1. The first-order valence-electron chi connectivity index (χ1n) is 8.61. The van der Waals surface area contributed by atoms with Crippen LogP contribution in [0.25, 0.3) is 6.08 Å². The number of hydrogen-bond acceptors (Lipinski definition) is 5. The van der Waals surface area contributed by atoms with Gasteiger partial charge in [0.1, 0.15) is 12.4 Å². The Morgan fingerprint density at radius 3 is 2.80 bits per heavy atom. The number of thiocarbonyl (C=S) groups is 1. The summed E-state index contributed by atoms with van der Waals surface area (Å²) in [7, 11) is 0. The summed E-state index contributed by atoms with van der Waals surface area (Å²) in [6.07, 6.45) is 6.97. The molecular formula is C21H14BrClFNO3S2. The van der Waals surface area contributed by atoms with E-state index in [-0.39, 0.29) is 17.5 Å². The predicted molar refractivity (Wildman–Crippen MR) is 127 cm³/mol. The maximum absolute atomic E-state index is 13.5. The fraction of sp³-hybridized carbons (Fsp3) is 0.143. The highest BCUT2D eigenvalue weighted by molar-refractivity contribution is 9.10. The van der Waals surface area contributed by atoms with Crippen LogP contribution in [0.3, 0.4) is 0 Å². The van der Waals surface area contributed by atoms with Crippen LogP contribution in [0.2, 0.25) is 5.02 Å². The molecule has 0 N–H and O–H groups in total. The Labute approximate surface area is 196 Å². The molecule has 4 nitrogen and oxygen atoms in total. The molecule has 0 unspecified atom stereocenters. The monoisotopic (exact) mass is 525 g/mol. The number of anilines is 1. The number of halogens is 3. The van der Waals surface area contributed by atoms with Crippen molar-refractivity contribution in [2.45, 2.75) is 6.92 Å². The minimum Gasteiger partial charge on any atom is -0.490 e. The van der Waals surface area contributed by atoms with E-state index in [1.807, 2.05) is 6.92 Å². The number of amides is 1. The van der Waals surface area contributed by atoms with Crippen LogP contribution in [0.4, 0.5) is 10.1 Å². The Morgan fingerprint density at radius 2 is 2.13 bits per heavy atom. The molecule has 0 bridgehead atoms. The van der Waals surface area contributed by atoms with Gasteiger partial charge in [0.15, 0.2) is 15.8 Å². The van der Waals surface area contributed by atoms with Gasteiger partial charge in [-0.3, -0.25) is 9.69 Å². The number of nitrogens with zero attached hydrogens (tertiary/aromatic N) is 1. The molecule has 0 saturated carbocycles. The molecule has 0 aliphatic carbocycles. The molecule has 1 aliphatic rings. The van der Waals surface area contributed by atoms with Crippen LogP contribution in [0.1, 0.15) is 12.5 Å². The first-order valence-corrected chi connectivity index (χ1v) is 11.0. The van der Waals surface area contributed by atoms with Crippen molar-refractivity contribution in [2.24, 2.45) is 0 Å². The van der Waals surface area contributed by atoms with Gasteiger partial charge in [-0.05, 0) is 64.8 Å². The third kappa shape index (κ3) is 4.81. The quantitative estimate of drug-likeness (QED) is 0.260. The molecule has 2 aromatic carbocycles. The smallest absolute Gasteiger partial charge is 0.270 e. The number of thioether (sulfide) groups is 1. The fourth-order valence-electron chi connectivity index (χ4n) is 2.65. The van der Waals surface area contributed by atoms with Gasteiger partial charge in [-0.2, -0.15) is 0 Å². The van der Waals surface area contributed by atoms with Crippen LogP contribution in [0, 0.1) is 18.2 Å². The Kier molecular flexibility index (Phi) is 7.42. The summed E-state index contributed by atoms with van der Waals surface area (Å²) in [5.74, 6) is 2.50. The standard InChI is InChI=1S/C21H14BrClFNO3S2/c1-3-7-28-19-14(22)8-12(9-17(19)27-4-2)10-18-20(26)25(21(29)30-18)13-5-6-16(24)15(23)11-13/h1,5-6,8-11H,4,7H2,2H3/b18-10-. The average Bonchev–Trinajstić information content (AvgIpc) is 2.97. The Balaban J connectivity index is 1.95. The van der Waals surface area contributed by atoms with Gasteiger partial charge in [-0.15, -0.1) is 6.42 Å². The van der Waals surface area contributed by atoms with Gasteiger partial charge in [-0.1, -0.05) is 41.5 Å². The molecule has 1 fully saturated rings. The van der Waals surface area contributed by atoms with E-state index in [2.05, 4.69) is 21.9 Å². The molecule has 30 heavy (non-hydrogen) atoms. The lowest BCUT2D eigenvalue weighted by molar-refractivity contribution is -0.113. The average molecular weight is 527 g/mol. The minimum absolute atomic E-state index is 0.0848. The van der Waals surface area contributed by atoms with E-state index in [4.69, 9.17) is 39.7 Å². The first kappa shape index (κ1) is 22.6. The second-order valence-corrected chi connectivity index (χ2v) is 8.81. The van der Waals surface area contributed by atoms with Crippen molar-refractivity contribution >= 4 is 73.5 Å². The van der Waals surface area contributed by atoms with Crippen molar-refractivity contribution in [1.29, 1.82) is 0 Å². The van der Waals surface area contributed by atoms with Crippen LogP contribution in [0.5, 0.6) is 11.5 Å². The van der Waals surface area contributed by atoms with Gasteiger partial charge in [-0.25, -0.2) is 4.39 Å². The van der Waals surface area contributed by atoms with Crippen molar-refractivity contribution in [3.63, 3.8) is 0 Å². The lowest BCUT2D eigenvalue weighted by atomic mass is 10.1. The highest BCUT2D eigenvalue weighted by Crippen LogP contribution is 2.40. The summed E-state index contributed by atoms with van der Waals surface area (Å²) >= 11 is 15.8. The fourth-order valence-corrected chi connectivity index (χ4v) is 4.70. The van der Waals surface area contributed by atoms with Crippen LogP contribution in [-0.2, 0) is 4.79 Å². The van der Waals surface area contributed by atoms with Crippen molar-refractivity contribution in [1.82, 2.24) is 0 Å². The second kappa shape index (κ2) is 9.84. The number of carbonyl (C=O) groups is 1. The van der Waals surface area contributed by atoms with E-state index in [1.54, 1.807) is 18.2 Å². The van der Waals surface area contributed by atoms with Gasteiger partial charge in [0, 0.05) is 0 Å². The van der Waals surface area contributed by atoms with Crippen molar-refractivity contribution in [3.8, 4) is 23.8 Å². The van der Waals surface area contributed by atoms with Crippen molar-refractivity contribution in [2.75, 3.05) is 18.1 Å².